The summed E-state index contributed by atoms with van der Waals surface area (Å²) < 4.78 is 35.8. The van der Waals surface area contributed by atoms with Gasteiger partial charge in [0.1, 0.15) is 6.54 Å². The van der Waals surface area contributed by atoms with Crippen LogP contribution in [0.3, 0.4) is 0 Å². The number of benzene rings is 1. The lowest BCUT2D eigenvalue weighted by Crippen LogP contribution is -3.11. The van der Waals surface area contributed by atoms with Crippen molar-refractivity contribution in [2.75, 3.05) is 32.0 Å². The molecule has 0 saturated heterocycles. The van der Waals surface area contributed by atoms with Crippen molar-refractivity contribution in [3.63, 3.8) is 0 Å². The van der Waals surface area contributed by atoms with E-state index in [4.69, 9.17) is 0 Å². The number of likely N-dealkylation sites (N-methyl/N-ethyl adjacent to an activating group) is 1. The average molecular weight is 318 g/mol. The number of halogens is 3. The molecule has 0 aromatic heterocycles. The van der Waals surface area contributed by atoms with E-state index in [0.29, 0.717) is 10.6 Å². The third-order valence-electron chi connectivity index (χ3n) is 2.75. The molecule has 5 nitrogen and oxygen atoms in total. The zero-order valence-electron chi connectivity index (χ0n) is 12.4. The Morgan fingerprint density at radius 3 is 2.18 bits per heavy atom. The molecule has 1 aromatic rings. The van der Waals surface area contributed by atoms with Gasteiger partial charge in [0.2, 0.25) is 0 Å². The Kier molecular flexibility index (Phi) is 6.36. The normalized spacial score (nSPS) is 12.6. The Morgan fingerprint density at radius 1 is 1.09 bits per heavy atom. The van der Waals surface area contributed by atoms with E-state index < -0.39 is 18.6 Å². The second kappa shape index (κ2) is 7.79. The summed E-state index contributed by atoms with van der Waals surface area (Å²) in [6.07, 6.45) is -4.44. The molecule has 1 unspecified atom stereocenters. The van der Waals surface area contributed by atoms with E-state index in [0.717, 1.165) is 5.56 Å². The monoisotopic (exact) mass is 318 g/mol. The van der Waals surface area contributed by atoms with Crippen LogP contribution in [0.5, 0.6) is 0 Å². The number of carbonyl (C=O) groups is 2. The fourth-order valence-electron chi connectivity index (χ4n) is 1.71. The minimum absolute atomic E-state index is 0.0205. The van der Waals surface area contributed by atoms with Crippen LogP contribution in [-0.2, 0) is 9.59 Å². The van der Waals surface area contributed by atoms with Gasteiger partial charge in [-0.15, -0.1) is 0 Å². The summed E-state index contributed by atoms with van der Waals surface area (Å²) in [5.74, 6) is -1.07. The van der Waals surface area contributed by atoms with E-state index in [1.807, 2.05) is 19.1 Å². The van der Waals surface area contributed by atoms with E-state index >= 15 is 0 Å². The number of nitrogens with one attached hydrogen (secondary N) is 3. The number of aryl methyl sites for hydroxylation is 1. The fourth-order valence-corrected chi connectivity index (χ4v) is 1.71. The van der Waals surface area contributed by atoms with Crippen LogP contribution in [0.2, 0.25) is 0 Å². The average Bonchev–Trinajstić information content (AvgIpc) is 2.38. The van der Waals surface area contributed by atoms with Gasteiger partial charge >= 0.3 is 6.18 Å². The second-order valence-corrected chi connectivity index (χ2v) is 5.12. The van der Waals surface area contributed by atoms with Crippen molar-refractivity contribution in [1.82, 2.24) is 5.32 Å². The standard InChI is InChI=1S/C14H18F3N3O2/c1-10-3-5-11(6-4-10)19-13(22)8-20(2)7-12(21)18-9-14(15,16)17/h3-6H,7-9H2,1-2H3,(H,18,21)(H,19,22)/p+1. The molecule has 2 amide bonds. The second-order valence-electron chi connectivity index (χ2n) is 5.12. The first-order chi connectivity index (χ1) is 10.2. The maximum absolute atomic E-state index is 11.9. The van der Waals surface area contributed by atoms with Crippen LogP contribution in [-0.4, -0.2) is 44.7 Å². The third-order valence-corrected chi connectivity index (χ3v) is 2.75. The molecule has 0 heterocycles. The quantitative estimate of drug-likeness (QED) is 0.698. The third kappa shape index (κ3) is 7.63. The minimum Gasteiger partial charge on any atom is -0.342 e. The van der Waals surface area contributed by atoms with Crippen LogP contribution in [0.4, 0.5) is 18.9 Å². The molecule has 122 valence electrons. The van der Waals surface area contributed by atoms with Crippen molar-refractivity contribution in [3.8, 4) is 0 Å². The summed E-state index contributed by atoms with van der Waals surface area (Å²) in [6, 6.07) is 7.19. The first-order valence-corrected chi connectivity index (χ1v) is 6.67. The van der Waals surface area contributed by atoms with Gasteiger partial charge in [0.05, 0.1) is 7.05 Å². The molecule has 0 radical (unpaired) electrons. The van der Waals surface area contributed by atoms with Gasteiger partial charge in [-0.25, -0.2) is 0 Å². The summed E-state index contributed by atoms with van der Waals surface area (Å²) in [5, 5.41) is 4.42. The number of amides is 2. The van der Waals surface area contributed by atoms with Gasteiger partial charge in [-0.1, -0.05) is 17.7 Å². The van der Waals surface area contributed by atoms with Crippen LogP contribution in [0, 0.1) is 6.92 Å². The first kappa shape index (κ1) is 18.0. The molecule has 0 spiro atoms. The van der Waals surface area contributed by atoms with Crippen molar-refractivity contribution in [1.29, 1.82) is 0 Å². The maximum Gasteiger partial charge on any atom is 0.405 e. The Balaban J connectivity index is 2.34. The van der Waals surface area contributed by atoms with Crippen molar-refractivity contribution in [2.45, 2.75) is 13.1 Å². The van der Waals surface area contributed by atoms with Crippen molar-refractivity contribution in [2.24, 2.45) is 0 Å². The molecule has 0 aliphatic carbocycles. The number of quaternary nitrogens is 1. The van der Waals surface area contributed by atoms with E-state index in [-0.39, 0.29) is 19.0 Å². The molecule has 0 aliphatic rings. The molecule has 1 atom stereocenters. The van der Waals surface area contributed by atoms with Crippen molar-refractivity contribution in [3.05, 3.63) is 29.8 Å². The number of carbonyl (C=O) groups excluding carboxylic acids is 2. The highest BCUT2D eigenvalue weighted by atomic mass is 19.4. The van der Waals surface area contributed by atoms with Crippen LogP contribution in [0.25, 0.3) is 0 Å². The van der Waals surface area contributed by atoms with Crippen molar-refractivity contribution >= 4 is 17.5 Å². The highest BCUT2D eigenvalue weighted by Crippen LogP contribution is 2.11. The van der Waals surface area contributed by atoms with Gasteiger partial charge in [-0.05, 0) is 19.1 Å². The largest absolute Gasteiger partial charge is 0.405 e. The van der Waals surface area contributed by atoms with E-state index in [9.17, 15) is 22.8 Å². The highest BCUT2D eigenvalue weighted by molar-refractivity contribution is 5.91. The summed E-state index contributed by atoms with van der Waals surface area (Å²) >= 11 is 0. The summed E-state index contributed by atoms with van der Waals surface area (Å²) in [7, 11) is 1.56. The van der Waals surface area contributed by atoms with E-state index in [1.165, 1.54) is 0 Å². The molecule has 1 rings (SSSR count). The molecule has 1 aromatic carbocycles. The van der Waals surface area contributed by atoms with Gasteiger partial charge < -0.3 is 15.5 Å². The van der Waals surface area contributed by atoms with Gasteiger partial charge in [0.25, 0.3) is 11.8 Å². The predicted octanol–water partition coefficient (Wildman–Crippen LogP) is 0.127. The Labute approximate surface area is 126 Å². The summed E-state index contributed by atoms with van der Waals surface area (Å²) in [4.78, 5) is 23.6. The maximum atomic E-state index is 11.9. The van der Waals surface area contributed by atoms with Crippen LogP contribution in [0.1, 0.15) is 5.56 Å². The Bertz CT molecular complexity index is 515. The van der Waals surface area contributed by atoms with E-state index in [2.05, 4.69) is 5.32 Å². The molecule has 0 fully saturated rings. The van der Waals surface area contributed by atoms with E-state index in [1.54, 1.807) is 24.5 Å². The number of hydrogen-bond acceptors (Lipinski definition) is 2. The van der Waals surface area contributed by atoms with Crippen LogP contribution >= 0.6 is 0 Å². The molecular weight excluding hydrogens is 299 g/mol. The number of anilines is 1. The van der Waals surface area contributed by atoms with Gasteiger partial charge in [-0.3, -0.25) is 9.59 Å². The lowest BCUT2D eigenvalue weighted by Gasteiger charge is -2.14. The summed E-state index contributed by atoms with van der Waals surface area (Å²) in [6.45, 7) is 0.322. The highest BCUT2D eigenvalue weighted by Gasteiger charge is 2.28. The zero-order valence-corrected chi connectivity index (χ0v) is 12.4. The topological polar surface area (TPSA) is 62.6 Å². The van der Waals surface area contributed by atoms with Gasteiger partial charge in [0, 0.05) is 5.69 Å². The van der Waals surface area contributed by atoms with Gasteiger partial charge in [-0.2, -0.15) is 13.2 Å². The lowest BCUT2D eigenvalue weighted by atomic mass is 10.2. The fraction of sp³-hybridized carbons (Fsp3) is 0.429. The Hall–Kier alpha value is -2.09. The van der Waals surface area contributed by atoms with Crippen LogP contribution < -0.4 is 15.5 Å². The molecule has 0 aliphatic heterocycles. The molecule has 8 heteroatoms. The summed E-state index contributed by atoms with van der Waals surface area (Å²) in [5.41, 5.74) is 1.69. The zero-order chi connectivity index (χ0) is 16.8. The van der Waals surface area contributed by atoms with Crippen molar-refractivity contribution < 1.29 is 27.7 Å². The van der Waals surface area contributed by atoms with Crippen LogP contribution in [0.15, 0.2) is 24.3 Å². The molecule has 0 bridgehead atoms. The lowest BCUT2D eigenvalue weighted by molar-refractivity contribution is -0.862. The molecule has 22 heavy (non-hydrogen) atoms. The number of hydrogen-bond donors (Lipinski definition) is 3. The number of rotatable bonds is 6. The van der Waals surface area contributed by atoms with Gasteiger partial charge in [0.15, 0.2) is 13.1 Å². The predicted molar refractivity (Wildman–Crippen MR) is 75.5 cm³/mol. The molecular formula is C14H19F3N3O2+. The first-order valence-electron chi connectivity index (χ1n) is 6.67. The Morgan fingerprint density at radius 2 is 1.64 bits per heavy atom. The minimum atomic E-state index is -4.44. The molecule has 0 saturated carbocycles. The smallest absolute Gasteiger partial charge is 0.342 e. The number of alkyl halides is 3. The molecule has 3 N–H and O–H groups in total. The SMILES string of the molecule is Cc1ccc(NC(=O)C[NH+](C)CC(=O)NCC(F)(F)F)cc1.